The molecule has 1 amide bonds. The molecule has 172 valence electrons. The van der Waals surface area contributed by atoms with Crippen LogP contribution in [0, 0.1) is 16.0 Å². The Balaban J connectivity index is 1.54. The zero-order valence-corrected chi connectivity index (χ0v) is 17.5. The monoisotopic (exact) mass is 454 g/mol. The van der Waals surface area contributed by atoms with Crippen LogP contribution in [0.15, 0.2) is 47.0 Å². The van der Waals surface area contributed by atoms with Crippen LogP contribution in [-0.4, -0.2) is 45.8 Å². The lowest BCUT2D eigenvalue weighted by molar-refractivity contribution is -0.384. The number of phenolic OH excluding ortho intramolecular Hbond substituents is 2. The normalized spacial score (nSPS) is 14.1. The number of benzene rings is 2. The van der Waals surface area contributed by atoms with Gasteiger partial charge in [-0.2, -0.15) is 0 Å². The van der Waals surface area contributed by atoms with Crippen LogP contribution >= 0.6 is 0 Å². The van der Waals surface area contributed by atoms with Crippen molar-refractivity contribution in [3.8, 4) is 34.3 Å². The van der Waals surface area contributed by atoms with Gasteiger partial charge in [0.15, 0.2) is 11.5 Å². The molecule has 0 bridgehead atoms. The van der Waals surface area contributed by atoms with E-state index >= 15 is 0 Å². The van der Waals surface area contributed by atoms with Crippen molar-refractivity contribution in [1.82, 2.24) is 15.8 Å². The second-order valence-corrected chi connectivity index (χ2v) is 7.67. The summed E-state index contributed by atoms with van der Waals surface area (Å²) in [6.07, 6.45) is 1.96. The minimum Gasteiger partial charge on any atom is -0.508 e. The molecule has 0 unspecified atom stereocenters. The highest BCUT2D eigenvalue weighted by atomic mass is 16.6. The molecular weight excluding hydrogens is 432 g/mol. The molecule has 1 aliphatic rings. The number of phenols is 2. The lowest BCUT2D eigenvalue weighted by atomic mass is 9.98. The van der Waals surface area contributed by atoms with Crippen molar-refractivity contribution < 1.29 is 29.2 Å². The first-order chi connectivity index (χ1) is 15.9. The lowest BCUT2D eigenvalue weighted by Gasteiger charge is -2.22. The van der Waals surface area contributed by atoms with E-state index in [1.54, 1.807) is 0 Å². The van der Waals surface area contributed by atoms with Gasteiger partial charge >= 0.3 is 0 Å². The molecule has 1 aromatic heterocycles. The average molecular weight is 454 g/mol. The number of hydrogen-bond acceptors (Lipinski definition) is 9. The average Bonchev–Trinajstić information content (AvgIpc) is 3.28. The maximum absolute atomic E-state index is 12.5. The third-order valence-electron chi connectivity index (χ3n) is 5.34. The number of piperidine rings is 1. The molecule has 2 aromatic carbocycles. The number of non-ortho nitro benzene ring substituents is 1. The molecule has 0 radical (unpaired) electrons. The number of nitro groups is 1. The Morgan fingerprint density at radius 3 is 2.64 bits per heavy atom. The van der Waals surface area contributed by atoms with Gasteiger partial charge in [-0.05, 0) is 44.0 Å². The molecule has 11 nitrogen and oxygen atoms in total. The van der Waals surface area contributed by atoms with E-state index in [9.17, 15) is 25.1 Å². The Kier molecular flexibility index (Phi) is 6.41. The number of aromatic nitrogens is 1. The SMILES string of the molecule is O=C(NCC1CCNCC1)c1cc(-c2c(O)cc(O)cc2Oc2ccc([N+](=O)[O-])cc2)on1. The van der Waals surface area contributed by atoms with E-state index in [1.807, 2.05) is 0 Å². The summed E-state index contributed by atoms with van der Waals surface area (Å²) >= 11 is 0. The van der Waals surface area contributed by atoms with Gasteiger partial charge in [-0.3, -0.25) is 14.9 Å². The fourth-order valence-electron chi connectivity index (χ4n) is 3.59. The Morgan fingerprint density at radius 1 is 1.21 bits per heavy atom. The summed E-state index contributed by atoms with van der Waals surface area (Å²) in [7, 11) is 0. The number of nitrogens with zero attached hydrogens (tertiary/aromatic N) is 2. The van der Waals surface area contributed by atoms with E-state index in [0.717, 1.165) is 32.0 Å². The fraction of sp³-hybridized carbons (Fsp3) is 0.273. The number of nitrogens with one attached hydrogen (secondary N) is 2. The Bertz CT molecular complexity index is 1150. The first-order valence-electron chi connectivity index (χ1n) is 10.3. The van der Waals surface area contributed by atoms with E-state index in [1.165, 1.54) is 36.4 Å². The van der Waals surface area contributed by atoms with Crippen LogP contribution in [0.3, 0.4) is 0 Å². The highest BCUT2D eigenvalue weighted by Crippen LogP contribution is 2.43. The van der Waals surface area contributed by atoms with Gasteiger partial charge < -0.3 is 30.1 Å². The van der Waals surface area contributed by atoms with Crippen LogP contribution in [0.5, 0.6) is 23.0 Å². The molecule has 4 rings (SSSR count). The summed E-state index contributed by atoms with van der Waals surface area (Å²) in [4.78, 5) is 22.8. The van der Waals surface area contributed by atoms with Gasteiger partial charge in [0.1, 0.15) is 28.6 Å². The van der Waals surface area contributed by atoms with Crippen LogP contribution in [0.4, 0.5) is 5.69 Å². The highest BCUT2D eigenvalue weighted by molar-refractivity contribution is 5.93. The van der Waals surface area contributed by atoms with Gasteiger partial charge in [-0.15, -0.1) is 0 Å². The largest absolute Gasteiger partial charge is 0.508 e. The topological polar surface area (TPSA) is 160 Å². The molecule has 2 heterocycles. The van der Waals surface area contributed by atoms with Gasteiger partial charge in [-0.25, -0.2) is 0 Å². The van der Waals surface area contributed by atoms with Gasteiger partial charge in [0.05, 0.1) is 4.92 Å². The van der Waals surface area contributed by atoms with Crippen LogP contribution in [0.25, 0.3) is 11.3 Å². The van der Waals surface area contributed by atoms with Crippen LogP contribution < -0.4 is 15.4 Å². The number of ether oxygens (including phenoxy) is 1. The van der Waals surface area contributed by atoms with Crippen molar-refractivity contribution >= 4 is 11.6 Å². The zero-order valence-electron chi connectivity index (χ0n) is 17.5. The number of nitro benzene ring substituents is 1. The summed E-state index contributed by atoms with van der Waals surface area (Å²) in [5.41, 5.74) is -0.0135. The van der Waals surface area contributed by atoms with E-state index in [0.29, 0.717) is 12.5 Å². The van der Waals surface area contributed by atoms with Crippen LogP contribution in [0.2, 0.25) is 0 Å². The van der Waals surface area contributed by atoms with Crippen molar-refractivity contribution in [3.63, 3.8) is 0 Å². The quantitative estimate of drug-likeness (QED) is 0.310. The molecule has 1 saturated heterocycles. The summed E-state index contributed by atoms with van der Waals surface area (Å²) in [6, 6.07) is 8.99. The van der Waals surface area contributed by atoms with E-state index < -0.39 is 10.8 Å². The molecule has 33 heavy (non-hydrogen) atoms. The second kappa shape index (κ2) is 9.57. The van der Waals surface area contributed by atoms with Crippen molar-refractivity contribution in [3.05, 3.63) is 58.3 Å². The zero-order chi connectivity index (χ0) is 23.4. The molecule has 3 aromatic rings. The number of carbonyl (C=O) groups is 1. The van der Waals surface area contributed by atoms with E-state index in [2.05, 4.69) is 15.8 Å². The molecule has 4 N–H and O–H groups in total. The third kappa shape index (κ3) is 5.21. The predicted molar refractivity (Wildman–Crippen MR) is 116 cm³/mol. The van der Waals surface area contributed by atoms with E-state index in [4.69, 9.17) is 9.26 Å². The van der Waals surface area contributed by atoms with E-state index in [-0.39, 0.29) is 45.7 Å². The Morgan fingerprint density at radius 2 is 1.94 bits per heavy atom. The first kappa shape index (κ1) is 22.1. The Hall–Kier alpha value is -4.12. The second-order valence-electron chi connectivity index (χ2n) is 7.67. The lowest BCUT2D eigenvalue weighted by Crippen LogP contribution is -2.36. The molecular formula is C22H22N4O7. The smallest absolute Gasteiger partial charge is 0.273 e. The summed E-state index contributed by atoms with van der Waals surface area (Å²) in [5.74, 6) is -0.344. The van der Waals surface area contributed by atoms with Crippen molar-refractivity contribution in [2.24, 2.45) is 5.92 Å². The predicted octanol–water partition coefficient (Wildman–Crippen LogP) is 3.18. The van der Waals surface area contributed by atoms with Gasteiger partial charge in [0.2, 0.25) is 0 Å². The standard InChI is InChI=1S/C22H22N4O7/c27-15-9-18(28)21(19(10-15)32-16-3-1-14(2-4-16)26(30)31)20-11-17(25-33-20)22(29)24-12-13-5-7-23-8-6-13/h1-4,9-11,13,23,27-28H,5-8,12H2,(H,24,29). The maximum Gasteiger partial charge on any atom is 0.273 e. The first-order valence-corrected chi connectivity index (χ1v) is 10.3. The van der Waals surface area contributed by atoms with Gasteiger partial charge in [-0.1, -0.05) is 5.16 Å². The molecule has 1 fully saturated rings. The number of amides is 1. The van der Waals surface area contributed by atoms with Crippen molar-refractivity contribution in [1.29, 1.82) is 0 Å². The minimum atomic E-state index is -0.540. The number of carbonyl (C=O) groups excluding carboxylic acids is 1. The third-order valence-corrected chi connectivity index (χ3v) is 5.34. The van der Waals surface area contributed by atoms with Gasteiger partial charge in [0, 0.05) is 36.9 Å². The Labute approximate surface area is 188 Å². The molecule has 1 aliphatic heterocycles. The van der Waals surface area contributed by atoms with Crippen LogP contribution in [0.1, 0.15) is 23.3 Å². The summed E-state index contributed by atoms with van der Waals surface area (Å²) in [6.45, 7) is 2.38. The molecule has 0 aliphatic carbocycles. The highest BCUT2D eigenvalue weighted by Gasteiger charge is 2.22. The number of rotatable bonds is 7. The molecule has 11 heteroatoms. The number of hydrogen-bond donors (Lipinski definition) is 4. The molecule has 0 atom stereocenters. The summed E-state index contributed by atoms with van der Waals surface area (Å²) in [5, 5.41) is 41.1. The van der Waals surface area contributed by atoms with Crippen molar-refractivity contribution in [2.75, 3.05) is 19.6 Å². The maximum atomic E-state index is 12.5. The summed E-state index contributed by atoms with van der Waals surface area (Å²) < 4.78 is 11.0. The van der Waals surface area contributed by atoms with Gasteiger partial charge in [0.25, 0.3) is 11.6 Å². The fourth-order valence-corrected chi connectivity index (χ4v) is 3.59. The minimum absolute atomic E-state index is 0.0131. The number of aromatic hydroxyl groups is 2. The molecule has 0 saturated carbocycles. The van der Waals surface area contributed by atoms with Crippen LogP contribution in [-0.2, 0) is 0 Å². The van der Waals surface area contributed by atoms with Crippen molar-refractivity contribution in [2.45, 2.75) is 12.8 Å². The molecule has 0 spiro atoms.